The lowest BCUT2D eigenvalue weighted by molar-refractivity contribution is 0.145. The van der Waals surface area contributed by atoms with Crippen molar-refractivity contribution in [2.45, 2.75) is 25.9 Å². The summed E-state index contributed by atoms with van der Waals surface area (Å²) in [5.74, 6) is 0.530. The van der Waals surface area contributed by atoms with E-state index in [9.17, 15) is 9.50 Å². The molecule has 0 amide bonds. The molecule has 1 aromatic heterocycles. The van der Waals surface area contributed by atoms with Gasteiger partial charge in [0.05, 0.1) is 6.10 Å². The second-order valence-corrected chi connectivity index (χ2v) is 5.23. The van der Waals surface area contributed by atoms with Gasteiger partial charge in [-0.05, 0) is 37.6 Å². The molecule has 0 saturated heterocycles. The molecule has 3 nitrogen and oxygen atoms in total. The van der Waals surface area contributed by atoms with Crippen LogP contribution in [0.15, 0.2) is 28.7 Å². The van der Waals surface area contributed by atoms with Crippen LogP contribution in [-0.4, -0.2) is 11.7 Å². The van der Waals surface area contributed by atoms with E-state index in [1.165, 1.54) is 12.1 Å². The molecule has 0 aliphatic heterocycles. The van der Waals surface area contributed by atoms with Gasteiger partial charge in [0, 0.05) is 23.0 Å². The van der Waals surface area contributed by atoms with Crippen LogP contribution in [0.25, 0.3) is 0 Å². The Morgan fingerprint density at radius 1 is 1.30 bits per heavy atom. The van der Waals surface area contributed by atoms with Crippen LogP contribution >= 0.6 is 11.6 Å². The zero-order chi connectivity index (χ0) is 14.9. The average molecular weight is 298 g/mol. The number of rotatable bonds is 4. The number of aliphatic hydroxyl groups excluding tert-OH is 1. The Bertz CT molecular complexity index is 612. The third kappa shape index (κ3) is 2.87. The van der Waals surface area contributed by atoms with Gasteiger partial charge in [-0.1, -0.05) is 17.7 Å². The summed E-state index contributed by atoms with van der Waals surface area (Å²) in [6, 6.07) is 5.87. The Morgan fingerprint density at radius 3 is 2.50 bits per heavy atom. The summed E-state index contributed by atoms with van der Waals surface area (Å²) in [5, 5.41) is 10.8. The van der Waals surface area contributed by atoms with Crippen molar-refractivity contribution in [2.75, 3.05) is 6.54 Å². The Labute approximate surface area is 122 Å². The zero-order valence-corrected chi connectivity index (χ0v) is 12.1. The van der Waals surface area contributed by atoms with E-state index in [1.807, 2.05) is 6.92 Å². The minimum Gasteiger partial charge on any atom is -0.466 e. The van der Waals surface area contributed by atoms with Gasteiger partial charge in [0.25, 0.3) is 0 Å². The quantitative estimate of drug-likeness (QED) is 0.908. The van der Waals surface area contributed by atoms with E-state index in [4.69, 9.17) is 21.8 Å². The maximum absolute atomic E-state index is 13.1. The van der Waals surface area contributed by atoms with E-state index in [2.05, 4.69) is 0 Å². The number of hydrogen-bond donors (Lipinski definition) is 2. The standard InChI is InChI=1S/C15H17ClFNO2/c1-8-5-12(9(2)20-8)15(19)13(7-18)11-4-3-10(17)6-14(11)16/h3-6,13,15,19H,7,18H2,1-2H3. The Kier molecular flexibility index (Phi) is 4.48. The van der Waals surface area contributed by atoms with Crippen molar-refractivity contribution < 1.29 is 13.9 Å². The van der Waals surface area contributed by atoms with Crippen molar-refractivity contribution in [3.63, 3.8) is 0 Å². The highest BCUT2D eigenvalue weighted by Crippen LogP contribution is 2.36. The van der Waals surface area contributed by atoms with E-state index >= 15 is 0 Å². The highest BCUT2D eigenvalue weighted by Gasteiger charge is 2.26. The maximum Gasteiger partial charge on any atom is 0.124 e. The molecule has 0 bridgehead atoms. The zero-order valence-electron chi connectivity index (χ0n) is 11.4. The summed E-state index contributed by atoms with van der Waals surface area (Å²) in [7, 11) is 0. The summed E-state index contributed by atoms with van der Waals surface area (Å²) in [4.78, 5) is 0. The van der Waals surface area contributed by atoms with Gasteiger partial charge in [0.15, 0.2) is 0 Å². The topological polar surface area (TPSA) is 59.4 Å². The molecule has 2 atom stereocenters. The van der Waals surface area contributed by atoms with Crippen LogP contribution in [0.1, 0.15) is 34.7 Å². The highest BCUT2D eigenvalue weighted by atomic mass is 35.5. The Balaban J connectivity index is 2.39. The fourth-order valence-corrected chi connectivity index (χ4v) is 2.70. The molecule has 2 aromatic rings. The van der Waals surface area contributed by atoms with Crippen LogP contribution in [0.2, 0.25) is 5.02 Å². The van der Waals surface area contributed by atoms with Gasteiger partial charge >= 0.3 is 0 Å². The first kappa shape index (κ1) is 15.0. The van der Waals surface area contributed by atoms with Crippen molar-refractivity contribution >= 4 is 11.6 Å². The summed E-state index contributed by atoms with van der Waals surface area (Å²) in [5.41, 5.74) is 7.07. The van der Waals surface area contributed by atoms with Gasteiger partial charge in [0.2, 0.25) is 0 Å². The van der Waals surface area contributed by atoms with Crippen molar-refractivity contribution in [1.82, 2.24) is 0 Å². The molecule has 2 unspecified atom stereocenters. The molecule has 1 aromatic carbocycles. The maximum atomic E-state index is 13.1. The third-order valence-corrected chi connectivity index (χ3v) is 3.72. The lowest BCUT2D eigenvalue weighted by Gasteiger charge is -2.22. The van der Waals surface area contributed by atoms with Crippen LogP contribution < -0.4 is 5.73 Å². The summed E-state index contributed by atoms with van der Waals surface area (Å²) in [6.07, 6.45) is -0.847. The van der Waals surface area contributed by atoms with E-state index < -0.39 is 17.8 Å². The first-order valence-corrected chi connectivity index (χ1v) is 6.71. The number of furan rings is 1. The second kappa shape index (κ2) is 5.95. The van der Waals surface area contributed by atoms with Gasteiger partial charge in [-0.2, -0.15) is 0 Å². The molecule has 0 aliphatic rings. The monoisotopic (exact) mass is 297 g/mol. The van der Waals surface area contributed by atoms with Crippen LogP contribution in [0.3, 0.4) is 0 Å². The fraction of sp³-hybridized carbons (Fsp3) is 0.333. The number of nitrogens with two attached hydrogens (primary N) is 1. The van der Waals surface area contributed by atoms with Gasteiger partial charge in [-0.3, -0.25) is 0 Å². The van der Waals surface area contributed by atoms with E-state index in [-0.39, 0.29) is 11.6 Å². The number of halogens is 2. The van der Waals surface area contributed by atoms with Crippen LogP contribution in [-0.2, 0) is 0 Å². The lowest BCUT2D eigenvalue weighted by atomic mass is 9.89. The summed E-state index contributed by atoms with van der Waals surface area (Å²) >= 11 is 6.05. The number of aryl methyl sites for hydroxylation is 2. The molecule has 0 aliphatic carbocycles. The number of benzene rings is 1. The van der Waals surface area contributed by atoms with Gasteiger partial charge in [-0.15, -0.1) is 0 Å². The molecule has 0 saturated carbocycles. The smallest absolute Gasteiger partial charge is 0.124 e. The predicted octanol–water partition coefficient (Wildman–Crippen LogP) is 3.46. The molecule has 0 radical (unpaired) electrons. The Hall–Kier alpha value is -1.36. The predicted molar refractivity (Wildman–Crippen MR) is 76.3 cm³/mol. The molecular weight excluding hydrogens is 281 g/mol. The van der Waals surface area contributed by atoms with E-state index in [0.29, 0.717) is 16.9 Å². The molecule has 0 spiro atoms. The second-order valence-electron chi connectivity index (χ2n) is 4.82. The molecule has 20 heavy (non-hydrogen) atoms. The minimum absolute atomic E-state index is 0.191. The molecular formula is C15H17ClFNO2. The molecule has 1 heterocycles. The van der Waals surface area contributed by atoms with Crippen LogP contribution in [0.4, 0.5) is 4.39 Å². The number of aliphatic hydroxyl groups is 1. The first-order valence-electron chi connectivity index (χ1n) is 6.34. The molecule has 0 fully saturated rings. The van der Waals surface area contributed by atoms with Gasteiger partial charge in [-0.25, -0.2) is 4.39 Å². The van der Waals surface area contributed by atoms with E-state index in [1.54, 1.807) is 19.1 Å². The van der Waals surface area contributed by atoms with Crippen molar-refractivity contribution in [3.05, 3.63) is 57.8 Å². The highest BCUT2D eigenvalue weighted by molar-refractivity contribution is 6.31. The SMILES string of the molecule is Cc1cc(C(O)C(CN)c2ccc(F)cc2Cl)c(C)o1. The summed E-state index contributed by atoms with van der Waals surface area (Å²) < 4.78 is 18.5. The molecule has 5 heteroatoms. The molecule has 3 N–H and O–H groups in total. The van der Waals surface area contributed by atoms with Crippen molar-refractivity contribution in [3.8, 4) is 0 Å². The lowest BCUT2D eigenvalue weighted by Crippen LogP contribution is -2.20. The third-order valence-electron chi connectivity index (χ3n) is 3.40. The summed E-state index contributed by atoms with van der Waals surface area (Å²) in [6.45, 7) is 3.78. The van der Waals surface area contributed by atoms with Crippen molar-refractivity contribution in [1.29, 1.82) is 0 Å². The van der Waals surface area contributed by atoms with Crippen LogP contribution in [0.5, 0.6) is 0 Å². The average Bonchev–Trinajstić information content (AvgIpc) is 2.71. The number of hydrogen-bond acceptors (Lipinski definition) is 3. The largest absolute Gasteiger partial charge is 0.466 e. The van der Waals surface area contributed by atoms with Gasteiger partial charge < -0.3 is 15.3 Å². The fourth-order valence-electron chi connectivity index (χ4n) is 2.39. The molecule has 2 rings (SSSR count). The molecule has 108 valence electrons. The van der Waals surface area contributed by atoms with Crippen molar-refractivity contribution in [2.24, 2.45) is 5.73 Å². The van der Waals surface area contributed by atoms with E-state index in [0.717, 1.165) is 5.76 Å². The van der Waals surface area contributed by atoms with Gasteiger partial charge in [0.1, 0.15) is 17.3 Å². The normalized spacial score (nSPS) is 14.3. The first-order chi connectivity index (χ1) is 9.43. The minimum atomic E-state index is -0.847. The van der Waals surface area contributed by atoms with Crippen LogP contribution in [0, 0.1) is 19.7 Å². The Morgan fingerprint density at radius 2 is 2.00 bits per heavy atom.